The number of amides is 1. The molecule has 0 radical (unpaired) electrons. The van der Waals surface area contributed by atoms with Crippen LogP contribution in [0.3, 0.4) is 0 Å². The first-order chi connectivity index (χ1) is 13.9. The Morgan fingerprint density at radius 2 is 1.93 bits per heavy atom. The molecule has 0 spiro atoms. The van der Waals surface area contributed by atoms with Crippen LogP contribution in [0.4, 0.5) is 5.69 Å². The van der Waals surface area contributed by atoms with Crippen molar-refractivity contribution in [3.05, 3.63) is 74.8 Å². The van der Waals surface area contributed by atoms with Crippen LogP contribution in [0, 0.1) is 6.92 Å². The molecular formula is C21H14Cl2N2O3S. The van der Waals surface area contributed by atoms with E-state index in [2.05, 4.69) is 10.3 Å². The van der Waals surface area contributed by atoms with Crippen LogP contribution in [0.15, 0.2) is 62.8 Å². The Hall–Kier alpha value is -2.67. The lowest BCUT2D eigenvalue weighted by Gasteiger charge is -2.01. The lowest BCUT2D eigenvalue weighted by Crippen LogP contribution is -2.19. The molecule has 8 heteroatoms. The average Bonchev–Trinajstić information content (AvgIpc) is 3.28. The molecule has 1 aliphatic heterocycles. The number of hydrogen-bond donors (Lipinski definition) is 2. The molecule has 1 amide bonds. The molecule has 0 unspecified atom stereocenters. The third kappa shape index (κ3) is 4.34. The number of nitrogens with one attached hydrogen (secondary N) is 1. The molecule has 1 aromatic heterocycles. The topological polar surface area (TPSA) is 74.8 Å². The molecular weight excluding hydrogens is 431 g/mol. The summed E-state index contributed by atoms with van der Waals surface area (Å²) in [6.07, 6.45) is 1.64. The Morgan fingerprint density at radius 3 is 2.72 bits per heavy atom. The maximum atomic E-state index is 12.3. The SMILES string of the molecule is Cc1ccc(O)c(N=C2NC(=O)/C(=C\c3ccc(-c4ccc(Cl)c(Cl)c4)o3)S2)c1. The van der Waals surface area contributed by atoms with Gasteiger partial charge in [-0.25, -0.2) is 4.99 Å². The fourth-order valence-electron chi connectivity index (χ4n) is 2.68. The van der Waals surface area contributed by atoms with Crippen molar-refractivity contribution in [1.29, 1.82) is 0 Å². The maximum Gasteiger partial charge on any atom is 0.264 e. The number of carbonyl (C=O) groups excluding carboxylic acids is 1. The first-order valence-corrected chi connectivity index (χ1v) is 10.1. The molecule has 2 N–H and O–H groups in total. The second-order valence-corrected chi connectivity index (χ2v) is 8.15. The van der Waals surface area contributed by atoms with Gasteiger partial charge in [-0.2, -0.15) is 0 Å². The number of furan rings is 1. The Bertz CT molecular complexity index is 1180. The summed E-state index contributed by atoms with van der Waals surface area (Å²) in [6.45, 7) is 1.90. The number of nitrogens with zero attached hydrogens (tertiary/aromatic N) is 1. The first kappa shape index (κ1) is 19.6. The van der Waals surface area contributed by atoms with Crippen molar-refractivity contribution in [3.8, 4) is 17.1 Å². The van der Waals surface area contributed by atoms with Crippen LogP contribution in [0.1, 0.15) is 11.3 Å². The van der Waals surface area contributed by atoms with E-state index in [1.165, 1.54) is 11.8 Å². The second-order valence-electron chi connectivity index (χ2n) is 6.30. The largest absolute Gasteiger partial charge is 0.506 e. The van der Waals surface area contributed by atoms with E-state index in [0.29, 0.717) is 37.3 Å². The Labute approximate surface area is 181 Å². The summed E-state index contributed by atoms with van der Waals surface area (Å²) < 4.78 is 5.81. The van der Waals surface area contributed by atoms with Crippen LogP contribution >= 0.6 is 35.0 Å². The highest BCUT2D eigenvalue weighted by atomic mass is 35.5. The monoisotopic (exact) mass is 444 g/mol. The average molecular weight is 445 g/mol. The summed E-state index contributed by atoms with van der Waals surface area (Å²) >= 11 is 13.2. The molecule has 0 bridgehead atoms. The van der Waals surface area contributed by atoms with E-state index in [9.17, 15) is 9.90 Å². The number of phenolic OH excluding ortho intramolecular Hbond substituents is 1. The van der Waals surface area contributed by atoms with Crippen LogP contribution in [-0.2, 0) is 4.79 Å². The molecule has 1 saturated heterocycles. The van der Waals surface area contributed by atoms with Crippen molar-refractivity contribution in [2.75, 3.05) is 0 Å². The molecule has 4 rings (SSSR count). The molecule has 0 atom stereocenters. The van der Waals surface area contributed by atoms with Gasteiger partial charge in [-0.15, -0.1) is 0 Å². The van der Waals surface area contributed by atoms with Gasteiger partial charge in [0.15, 0.2) is 5.17 Å². The number of hydrogen-bond acceptors (Lipinski definition) is 5. The summed E-state index contributed by atoms with van der Waals surface area (Å²) in [5.74, 6) is 0.891. The molecule has 29 heavy (non-hydrogen) atoms. The van der Waals surface area contributed by atoms with Crippen molar-refractivity contribution in [2.24, 2.45) is 4.99 Å². The Morgan fingerprint density at radius 1 is 1.10 bits per heavy atom. The molecule has 1 fully saturated rings. The summed E-state index contributed by atoms with van der Waals surface area (Å²) in [5, 5.41) is 13.9. The summed E-state index contributed by atoms with van der Waals surface area (Å²) in [6, 6.07) is 13.9. The highest BCUT2D eigenvalue weighted by Crippen LogP contribution is 2.34. The molecule has 0 aliphatic carbocycles. The van der Waals surface area contributed by atoms with E-state index in [4.69, 9.17) is 27.6 Å². The normalized spacial score (nSPS) is 16.6. The van der Waals surface area contributed by atoms with Gasteiger partial charge in [0.1, 0.15) is 23.0 Å². The van der Waals surface area contributed by atoms with Crippen molar-refractivity contribution in [1.82, 2.24) is 5.32 Å². The summed E-state index contributed by atoms with van der Waals surface area (Å²) in [7, 11) is 0. The van der Waals surface area contributed by atoms with Gasteiger partial charge in [-0.05, 0) is 66.7 Å². The first-order valence-electron chi connectivity index (χ1n) is 8.53. The molecule has 3 aromatic rings. The van der Waals surface area contributed by atoms with Gasteiger partial charge in [0.2, 0.25) is 0 Å². The minimum atomic E-state index is -0.284. The molecule has 5 nitrogen and oxygen atoms in total. The van der Waals surface area contributed by atoms with Crippen LogP contribution < -0.4 is 5.32 Å². The quantitative estimate of drug-likeness (QED) is 0.474. The molecule has 0 saturated carbocycles. The highest BCUT2D eigenvalue weighted by Gasteiger charge is 2.24. The van der Waals surface area contributed by atoms with Gasteiger partial charge in [-0.3, -0.25) is 4.79 Å². The molecule has 2 aromatic carbocycles. The van der Waals surface area contributed by atoms with Crippen LogP contribution in [-0.4, -0.2) is 16.2 Å². The maximum absolute atomic E-state index is 12.3. The zero-order valence-electron chi connectivity index (χ0n) is 15.1. The number of rotatable bonds is 3. The number of phenols is 1. The fraction of sp³-hybridized carbons (Fsp3) is 0.0476. The standard InChI is InChI=1S/C21H14Cl2N2O3S/c1-11-2-6-17(26)16(8-11)24-21-25-20(27)19(29-21)10-13-4-7-18(28-13)12-3-5-14(22)15(23)9-12/h2-10,26H,1H3,(H,24,25,27)/b19-10+. The van der Waals surface area contributed by atoms with Gasteiger partial charge >= 0.3 is 0 Å². The van der Waals surface area contributed by atoms with Crippen molar-refractivity contribution >= 4 is 57.8 Å². The number of thioether (sulfide) groups is 1. The van der Waals surface area contributed by atoms with E-state index < -0.39 is 0 Å². The number of amidine groups is 1. The molecule has 1 aliphatic rings. The van der Waals surface area contributed by atoms with E-state index in [1.54, 1.807) is 54.6 Å². The van der Waals surface area contributed by atoms with E-state index in [0.717, 1.165) is 11.1 Å². The van der Waals surface area contributed by atoms with E-state index >= 15 is 0 Å². The third-order valence-corrected chi connectivity index (χ3v) is 5.76. The van der Waals surface area contributed by atoms with Gasteiger partial charge in [-0.1, -0.05) is 29.3 Å². The van der Waals surface area contributed by atoms with Gasteiger partial charge in [0.05, 0.1) is 15.0 Å². The van der Waals surface area contributed by atoms with Crippen molar-refractivity contribution in [3.63, 3.8) is 0 Å². The van der Waals surface area contributed by atoms with Gasteiger partial charge < -0.3 is 14.8 Å². The Kier molecular flexibility index (Phi) is 5.41. The number of aryl methyl sites for hydroxylation is 1. The molecule has 146 valence electrons. The number of benzene rings is 2. The number of aliphatic imine (C=N–C) groups is 1. The predicted octanol–water partition coefficient (Wildman–Crippen LogP) is 6.16. The molecule has 2 heterocycles. The third-order valence-electron chi connectivity index (χ3n) is 4.11. The lowest BCUT2D eigenvalue weighted by atomic mass is 10.2. The van der Waals surface area contributed by atoms with Gasteiger partial charge in [0.25, 0.3) is 5.91 Å². The van der Waals surface area contributed by atoms with Crippen molar-refractivity contribution in [2.45, 2.75) is 6.92 Å². The van der Waals surface area contributed by atoms with Gasteiger partial charge in [0, 0.05) is 11.6 Å². The summed E-state index contributed by atoms with van der Waals surface area (Å²) in [5.41, 5.74) is 2.14. The minimum absolute atomic E-state index is 0.0488. The van der Waals surface area contributed by atoms with Crippen LogP contribution in [0.5, 0.6) is 5.75 Å². The minimum Gasteiger partial charge on any atom is -0.506 e. The van der Waals surface area contributed by atoms with Crippen LogP contribution in [0.2, 0.25) is 10.0 Å². The zero-order valence-corrected chi connectivity index (χ0v) is 17.4. The number of carbonyl (C=O) groups is 1. The van der Waals surface area contributed by atoms with E-state index in [1.807, 2.05) is 6.92 Å². The predicted molar refractivity (Wildman–Crippen MR) is 118 cm³/mol. The van der Waals surface area contributed by atoms with Crippen molar-refractivity contribution < 1.29 is 14.3 Å². The number of aromatic hydroxyl groups is 1. The fourth-order valence-corrected chi connectivity index (χ4v) is 3.79. The van der Waals surface area contributed by atoms with Crippen LogP contribution in [0.25, 0.3) is 17.4 Å². The second kappa shape index (κ2) is 7.99. The van der Waals surface area contributed by atoms with E-state index in [-0.39, 0.29) is 11.7 Å². The smallest absolute Gasteiger partial charge is 0.264 e. The lowest BCUT2D eigenvalue weighted by molar-refractivity contribution is -0.115. The Balaban J connectivity index is 1.57. The number of halogens is 2. The highest BCUT2D eigenvalue weighted by molar-refractivity contribution is 8.18. The summed E-state index contributed by atoms with van der Waals surface area (Å²) in [4.78, 5) is 17.0. The zero-order chi connectivity index (χ0) is 20.5.